The van der Waals surface area contributed by atoms with Gasteiger partial charge in [0.25, 0.3) is 0 Å². The summed E-state index contributed by atoms with van der Waals surface area (Å²) in [4.78, 5) is 10.7. The van der Waals surface area contributed by atoms with Crippen LogP contribution in [0.15, 0.2) is 23.3 Å². The second-order valence-corrected chi connectivity index (χ2v) is 6.46. The van der Waals surface area contributed by atoms with E-state index in [4.69, 9.17) is 0 Å². The van der Waals surface area contributed by atoms with E-state index in [1.807, 2.05) is 0 Å². The normalized spacial score (nSPS) is 28.5. The second kappa shape index (κ2) is 4.20. The van der Waals surface area contributed by atoms with E-state index in [0.717, 1.165) is 12.7 Å². The van der Waals surface area contributed by atoms with Crippen LogP contribution in [-0.4, -0.2) is 6.29 Å². The molecule has 90 valence electrons. The van der Waals surface area contributed by atoms with Crippen LogP contribution in [0.25, 0.3) is 0 Å². The highest BCUT2D eigenvalue weighted by atomic mass is 16.1. The number of carbonyl (C=O) groups is 1. The monoisotopic (exact) mass is 220 g/mol. The number of aldehydes is 1. The maximum atomic E-state index is 10.7. The Kier molecular flexibility index (Phi) is 3.47. The largest absolute Gasteiger partial charge is 0.299 e. The summed E-state index contributed by atoms with van der Waals surface area (Å²) >= 11 is 0. The van der Waals surface area contributed by atoms with Crippen molar-refractivity contribution in [3.8, 4) is 0 Å². The Balaban J connectivity index is 3.23. The van der Waals surface area contributed by atoms with Gasteiger partial charge in [0, 0.05) is 0 Å². The molecule has 0 bridgehead atoms. The average molecular weight is 220 g/mol. The molecule has 0 amide bonds. The van der Waals surface area contributed by atoms with Gasteiger partial charge in [0.15, 0.2) is 0 Å². The molecule has 0 spiro atoms. The first-order valence-electron chi connectivity index (χ1n) is 6.01. The molecule has 0 saturated carbocycles. The highest BCUT2D eigenvalue weighted by Crippen LogP contribution is 2.52. The van der Waals surface area contributed by atoms with Gasteiger partial charge in [-0.1, -0.05) is 44.9 Å². The topological polar surface area (TPSA) is 17.1 Å². The minimum absolute atomic E-state index is 0.134. The molecular weight excluding hydrogens is 196 g/mol. The van der Waals surface area contributed by atoms with E-state index in [2.05, 4.69) is 47.6 Å². The number of hydrogen-bond donors (Lipinski definition) is 0. The lowest BCUT2D eigenvalue weighted by Crippen LogP contribution is -2.39. The quantitative estimate of drug-likeness (QED) is 0.388. The molecule has 1 atom stereocenters. The summed E-state index contributed by atoms with van der Waals surface area (Å²) in [5, 5.41) is 0. The van der Waals surface area contributed by atoms with Crippen LogP contribution in [0.4, 0.5) is 0 Å². The summed E-state index contributed by atoms with van der Waals surface area (Å²) in [6.07, 6.45) is 6.12. The van der Waals surface area contributed by atoms with Crippen LogP contribution >= 0.6 is 0 Å². The lowest BCUT2D eigenvalue weighted by molar-refractivity contribution is -0.104. The maximum absolute atomic E-state index is 10.7. The van der Waals surface area contributed by atoms with Crippen LogP contribution in [-0.2, 0) is 4.79 Å². The van der Waals surface area contributed by atoms with E-state index < -0.39 is 0 Å². The van der Waals surface area contributed by atoms with Crippen molar-refractivity contribution in [1.29, 1.82) is 0 Å². The average Bonchev–Trinajstić information content (AvgIpc) is 1.96. The van der Waals surface area contributed by atoms with Gasteiger partial charge < -0.3 is 0 Å². The van der Waals surface area contributed by atoms with Crippen molar-refractivity contribution < 1.29 is 4.79 Å². The van der Waals surface area contributed by atoms with Crippen molar-refractivity contribution >= 4 is 6.29 Å². The highest BCUT2D eigenvalue weighted by molar-refractivity contribution is 5.66. The van der Waals surface area contributed by atoms with E-state index in [9.17, 15) is 4.79 Å². The Morgan fingerprint density at radius 1 is 1.38 bits per heavy atom. The van der Waals surface area contributed by atoms with Gasteiger partial charge in [0.05, 0.1) is 0 Å². The third-order valence-corrected chi connectivity index (χ3v) is 3.66. The molecule has 0 aromatic heterocycles. The van der Waals surface area contributed by atoms with Crippen LogP contribution in [0.1, 0.15) is 48.0 Å². The van der Waals surface area contributed by atoms with Gasteiger partial charge in [0.1, 0.15) is 6.29 Å². The summed E-state index contributed by atoms with van der Waals surface area (Å²) in [6, 6.07) is 0. The van der Waals surface area contributed by atoms with E-state index in [1.54, 1.807) is 6.08 Å². The van der Waals surface area contributed by atoms with E-state index in [0.29, 0.717) is 5.92 Å². The molecule has 1 nitrogen and oxygen atoms in total. The molecule has 0 N–H and O–H groups in total. The summed E-state index contributed by atoms with van der Waals surface area (Å²) in [6.45, 7) is 13.4. The molecule has 0 fully saturated rings. The molecule has 0 aliphatic heterocycles. The Bertz CT molecular complexity index is 342. The van der Waals surface area contributed by atoms with Crippen LogP contribution in [0.5, 0.6) is 0 Å². The van der Waals surface area contributed by atoms with Crippen LogP contribution < -0.4 is 0 Å². The fourth-order valence-corrected chi connectivity index (χ4v) is 4.00. The molecule has 16 heavy (non-hydrogen) atoms. The predicted octanol–water partition coefficient (Wildman–Crippen LogP) is 4.15. The van der Waals surface area contributed by atoms with Crippen molar-refractivity contribution in [2.24, 2.45) is 16.7 Å². The first kappa shape index (κ1) is 13.2. The van der Waals surface area contributed by atoms with Crippen LogP contribution in [0.3, 0.4) is 0 Å². The zero-order valence-corrected chi connectivity index (χ0v) is 11.4. The third kappa shape index (κ3) is 2.45. The van der Waals surface area contributed by atoms with E-state index >= 15 is 0 Å². The summed E-state index contributed by atoms with van der Waals surface area (Å²) < 4.78 is 0. The number of hydrogen-bond acceptors (Lipinski definition) is 1. The molecular formula is C15H24O. The zero-order chi connectivity index (χ0) is 12.6. The van der Waals surface area contributed by atoms with Gasteiger partial charge in [-0.3, -0.25) is 4.79 Å². The van der Waals surface area contributed by atoms with Crippen LogP contribution in [0, 0.1) is 16.7 Å². The molecule has 1 aliphatic rings. The standard InChI is InChI=1S/C15H24O/c1-11-9-14(3,4)13(12(2)7-8-16)15(5,6)10-11/h7-9,13H,10H2,1-6H3/b12-7-. The first-order chi connectivity index (χ1) is 7.20. The lowest BCUT2D eigenvalue weighted by Gasteiger charge is -2.48. The van der Waals surface area contributed by atoms with Gasteiger partial charge >= 0.3 is 0 Å². The first-order valence-corrected chi connectivity index (χ1v) is 6.01. The van der Waals surface area contributed by atoms with Gasteiger partial charge in [-0.05, 0) is 43.1 Å². The molecule has 1 heteroatoms. The molecule has 0 heterocycles. The molecule has 1 aliphatic carbocycles. The second-order valence-electron chi connectivity index (χ2n) is 6.46. The lowest BCUT2D eigenvalue weighted by atomic mass is 9.56. The zero-order valence-electron chi connectivity index (χ0n) is 11.4. The van der Waals surface area contributed by atoms with Crippen LogP contribution in [0.2, 0.25) is 0 Å². The van der Waals surface area contributed by atoms with Gasteiger partial charge in [-0.15, -0.1) is 0 Å². The fourth-order valence-electron chi connectivity index (χ4n) is 4.00. The minimum atomic E-state index is 0.134. The maximum Gasteiger partial charge on any atom is 0.142 e. The third-order valence-electron chi connectivity index (χ3n) is 3.66. The van der Waals surface area contributed by atoms with Crippen molar-refractivity contribution in [3.05, 3.63) is 23.3 Å². The smallest absolute Gasteiger partial charge is 0.142 e. The Morgan fingerprint density at radius 3 is 2.38 bits per heavy atom. The Morgan fingerprint density at radius 2 is 1.94 bits per heavy atom. The van der Waals surface area contributed by atoms with Crippen molar-refractivity contribution in [2.75, 3.05) is 0 Å². The molecule has 0 radical (unpaired) electrons. The fraction of sp³-hybridized carbons (Fsp3) is 0.667. The van der Waals surface area contributed by atoms with Crippen molar-refractivity contribution in [3.63, 3.8) is 0 Å². The molecule has 0 saturated heterocycles. The molecule has 1 rings (SSSR count). The molecule has 0 aromatic carbocycles. The van der Waals surface area contributed by atoms with E-state index in [-0.39, 0.29) is 10.8 Å². The molecule has 1 unspecified atom stereocenters. The number of carbonyl (C=O) groups excluding carboxylic acids is 1. The number of rotatable bonds is 2. The highest BCUT2D eigenvalue weighted by Gasteiger charge is 2.43. The summed E-state index contributed by atoms with van der Waals surface area (Å²) in [7, 11) is 0. The molecule has 0 aromatic rings. The van der Waals surface area contributed by atoms with Crippen molar-refractivity contribution in [1.82, 2.24) is 0 Å². The summed E-state index contributed by atoms with van der Waals surface area (Å²) in [5.41, 5.74) is 3.03. The summed E-state index contributed by atoms with van der Waals surface area (Å²) in [5.74, 6) is 0.439. The van der Waals surface area contributed by atoms with E-state index in [1.165, 1.54) is 11.1 Å². The Hall–Kier alpha value is -0.850. The van der Waals surface area contributed by atoms with Gasteiger partial charge in [0.2, 0.25) is 0 Å². The van der Waals surface area contributed by atoms with Gasteiger partial charge in [-0.2, -0.15) is 0 Å². The SMILES string of the molecule is CC1=CC(C)(C)C(/C(C)=C\C=O)C(C)(C)C1. The Labute approximate surface area is 99.6 Å². The predicted molar refractivity (Wildman–Crippen MR) is 69.2 cm³/mol. The minimum Gasteiger partial charge on any atom is -0.299 e. The van der Waals surface area contributed by atoms with Gasteiger partial charge in [-0.25, -0.2) is 0 Å². The van der Waals surface area contributed by atoms with Crippen molar-refractivity contribution in [2.45, 2.75) is 48.0 Å². The number of allylic oxidation sites excluding steroid dienone is 4.